The van der Waals surface area contributed by atoms with Gasteiger partial charge in [0.2, 0.25) is 0 Å². The molecule has 6 nitrogen and oxygen atoms in total. The smallest absolute Gasteiger partial charge is 0.261 e. The molecule has 0 saturated carbocycles. The largest absolute Gasteiger partial charge is 0.304 e. The highest BCUT2D eigenvalue weighted by molar-refractivity contribution is 7.27. The first-order valence-corrected chi connectivity index (χ1v) is 40.8. The molecule has 2 atom stereocenters. The minimum absolute atomic E-state index is 0.0325. The molecule has 0 aliphatic carbocycles. The number of fused-ring (bicyclic) bond motifs is 1. The Hall–Kier alpha value is -3.52. The number of thiophene rings is 4. The molecule has 2 amide bonds. The third-order valence-electron chi connectivity index (χ3n) is 18.6. The summed E-state index contributed by atoms with van der Waals surface area (Å²) >= 11 is 10.4. The summed E-state index contributed by atoms with van der Waals surface area (Å²) in [5.74, 6) is 0.588. The summed E-state index contributed by atoms with van der Waals surface area (Å²) in [7, 11) is 0. The lowest BCUT2D eigenvalue weighted by molar-refractivity contribution is -0.124. The summed E-state index contributed by atoms with van der Waals surface area (Å²) in [4.78, 5) is 56.7. The molecule has 0 bridgehead atoms. The summed E-state index contributed by atoms with van der Waals surface area (Å²) in [6.07, 6.45) is 55.2. The SMILES string of the molecule is CCCCCCCCCCCCC(CCCCCCCCCC)CN1C(=O)C2=C(c3ncc(-c4ccc(-c5cccs5)s4)s3)N(CC(CCCCCCCCCC)CCCCCCCCCCCC)C(=O)C2=C1c1ncc(-c2ccc(-c3cccs3)s2)s1. The Balaban J connectivity index is 1.13. The first-order valence-electron chi connectivity index (χ1n) is 35.7. The van der Waals surface area contributed by atoms with E-state index in [-0.39, 0.29) is 11.8 Å². The van der Waals surface area contributed by atoms with Gasteiger partial charge >= 0.3 is 0 Å². The molecule has 0 N–H and O–H groups in total. The molecular weight excluding hydrogens is 1190 g/mol. The molecular formula is C76H110N4O2S6. The zero-order valence-electron chi connectivity index (χ0n) is 54.8. The standard InChI is InChI=1S/C76H110N4O2S6/c1-5-9-13-17-21-25-27-31-35-39-45-59(43-37-33-29-23-19-15-11-7-3)57-79-71(73-77-55-67(87-73)65-51-49-63(85-65)61-47-41-53-83-61)69-70(75(79)81)72(74-78-56-68(88-74)66-52-50-64(86-66)62-48-42-54-84-62)80(76(69)82)58-60(44-38-34-30-24-20-16-12-8-4)46-40-36-32-28-26-22-18-14-10-6-2/h41-42,47-56,59-60H,5-40,43-46,57-58H2,1-4H3. The number of hydrogen-bond donors (Lipinski definition) is 0. The fourth-order valence-electron chi connectivity index (χ4n) is 13.4. The molecule has 12 heteroatoms. The van der Waals surface area contributed by atoms with Crippen molar-refractivity contribution in [1.29, 1.82) is 0 Å². The van der Waals surface area contributed by atoms with Gasteiger partial charge in [0.05, 0.1) is 32.3 Å². The molecule has 6 aromatic heterocycles. The van der Waals surface area contributed by atoms with Crippen molar-refractivity contribution in [3.05, 3.63) is 92.8 Å². The van der Waals surface area contributed by atoms with Gasteiger partial charge in [-0.15, -0.1) is 68.0 Å². The lowest BCUT2D eigenvalue weighted by Crippen LogP contribution is -2.35. The number of aromatic nitrogens is 2. The number of thiazole rings is 2. The summed E-state index contributed by atoms with van der Waals surface area (Å²) in [6, 6.07) is 17.5. The number of unbranched alkanes of at least 4 members (excludes halogenated alkanes) is 32. The maximum atomic E-state index is 16.3. The van der Waals surface area contributed by atoms with Gasteiger partial charge in [0, 0.05) is 54.7 Å². The van der Waals surface area contributed by atoms with E-state index in [1.807, 2.05) is 12.4 Å². The lowest BCUT2D eigenvalue weighted by Gasteiger charge is -2.29. The second-order valence-electron chi connectivity index (χ2n) is 25.8. The molecule has 0 aromatic carbocycles. The number of amides is 2. The predicted octanol–water partition coefficient (Wildman–Crippen LogP) is 26.2. The average molecular weight is 1300 g/mol. The third kappa shape index (κ3) is 21.8. The number of carbonyl (C=O) groups is 2. The Morgan fingerprint density at radius 1 is 0.330 bits per heavy atom. The molecule has 8 heterocycles. The van der Waals surface area contributed by atoms with Crippen LogP contribution in [0.3, 0.4) is 0 Å². The van der Waals surface area contributed by atoms with E-state index in [2.05, 4.69) is 96.8 Å². The van der Waals surface area contributed by atoms with Crippen LogP contribution in [0.1, 0.15) is 295 Å². The van der Waals surface area contributed by atoms with Crippen molar-refractivity contribution in [3.8, 4) is 39.0 Å². The Morgan fingerprint density at radius 2 is 0.602 bits per heavy atom. The van der Waals surface area contributed by atoms with Crippen molar-refractivity contribution in [2.75, 3.05) is 13.1 Å². The van der Waals surface area contributed by atoms with Gasteiger partial charge in [0.15, 0.2) is 0 Å². The van der Waals surface area contributed by atoms with Crippen molar-refractivity contribution < 1.29 is 9.59 Å². The number of carbonyl (C=O) groups excluding carboxylic acids is 2. The minimum atomic E-state index is -0.0325. The summed E-state index contributed by atoms with van der Waals surface area (Å²) in [5.41, 5.74) is 2.61. The van der Waals surface area contributed by atoms with Crippen LogP contribution in [0.15, 0.2) is 82.8 Å². The van der Waals surface area contributed by atoms with Crippen LogP contribution in [-0.4, -0.2) is 44.7 Å². The van der Waals surface area contributed by atoms with E-state index in [1.165, 1.54) is 260 Å². The molecule has 2 aliphatic rings. The third-order valence-corrected chi connectivity index (χ3v) is 25.3. The molecule has 0 spiro atoms. The van der Waals surface area contributed by atoms with Crippen LogP contribution >= 0.6 is 68.0 Å². The highest BCUT2D eigenvalue weighted by Crippen LogP contribution is 2.51. The van der Waals surface area contributed by atoms with Crippen molar-refractivity contribution in [3.63, 3.8) is 0 Å². The molecule has 0 radical (unpaired) electrons. The fourth-order valence-corrected chi connectivity index (χ4v) is 19.2. The van der Waals surface area contributed by atoms with Gasteiger partial charge in [-0.2, -0.15) is 0 Å². The maximum absolute atomic E-state index is 16.3. The van der Waals surface area contributed by atoms with E-state index in [0.29, 0.717) is 36.1 Å². The minimum Gasteiger partial charge on any atom is -0.304 e. The summed E-state index contributed by atoms with van der Waals surface area (Å²) < 4.78 is 0. The van der Waals surface area contributed by atoms with Crippen LogP contribution in [0.4, 0.5) is 0 Å². The van der Waals surface area contributed by atoms with Gasteiger partial charge in [0.25, 0.3) is 11.8 Å². The van der Waals surface area contributed by atoms with Gasteiger partial charge in [-0.05, 0) is 84.7 Å². The van der Waals surface area contributed by atoms with Crippen LogP contribution in [0.2, 0.25) is 0 Å². The molecule has 2 aliphatic heterocycles. The molecule has 6 aromatic rings. The van der Waals surface area contributed by atoms with Crippen LogP contribution in [0, 0.1) is 11.8 Å². The van der Waals surface area contributed by atoms with Crippen LogP contribution in [0.25, 0.3) is 50.4 Å². The monoisotopic (exact) mass is 1300 g/mol. The van der Waals surface area contributed by atoms with E-state index < -0.39 is 0 Å². The first-order chi connectivity index (χ1) is 43.4. The number of rotatable bonds is 50. The second kappa shape index (κ2) is 40.5. The normalized spacial score (nSPS) is 14.3. The predicted molar refractivity (Wildman–Crippen MR) is 389 cm³/mol. The van der Waals surface area contributed by atoms with Crippen LogP contribution in [-0.2, 0) is 9.59 Å². The van der Waals surface area contributed by atoms with Crippen LogP contribution < -0.4 is 0 Å². The molecule has 88 heavy (non-hydrogen) atoms. The average Bonchev–Trinajstić information content (AvgIpc) is 1.64. The van der Waals surface area contributed by atoms with E-state index in [1.54, 1.807) is 68.0 Å². The quantitative estimate of drug-likeness (QED) is 0.0357. The summed E-state index contributed by atoms with van der Waals surface area (Å²) in [5, 5.41) is 5.84. The highest BCUT2D eigenvalue weighted by atomic mass is 32.1. The Bertz CT molecular complexity index is 2740. The van der Waals surface area contributed by atoms with Gasteiger partial charge < -0.3 is 9.80 Å². The number of nitrogens with zero attached hydrogens (tertiary/aromatic N) is 4. The van der Waals surface area contributed by atoms with E-state index in [9.17, 15) is 0 Å². The maximum Gasteiger partial charge on any atom is 0.261 e. The number of hydrogen-bond acceptors (Lipinski definition) is 10. The van der Waals surface area contributed by atoms with Crippen molar-refractivity contribution >= 4 is 91.2 Å². The Kier molecular flexibility index (Phi) is 32.3. The van der Waals surface area contributed by atoms with E-state index >= 15 is 9.59 Å². The zero-order valence-corrected chi connectivity index (χ0v) is 59.7. The van der Waals surface area contributed by atoms with Crippen molar-refractivity contribution in [1.82, 2.24) is 19.8 Å². The van der Waals surface area contributed by atoms with Crippen molar-refractivity contribution in [2.24, 2.45) is 11.8 Å². The fraction of sp³-hybridized carbons (Fsp3) is 0.632. The van der Waals surface area contributed by atoms with Crippen molar-refractivity contribution in [2.45, 2.75) is 285 Å². The second-order valence-corrected chi connectivity index (χ2v) is 31.9. The van der Waals surface area contributed by atoms with Gasteiger partial charge in [-0.3, -0.25) is 9.59 Å². The molecule has 2 unspecified atom stereocenters. The van der Waals surface area contributed by atoms with Gasteiger partial charge in [-0.1, -0.05) is 271 Å². The topological polar surface area (TPSA) is 66.4 Å². The van der Waals surface area contributed by atoms with E-state index in [0.717, 1.165) is 56.8 Å². The van der Waals surface area contributed by atoms with Crippen LogP contribution in [0.5, 0.6) is 0 Å². The summed E-state index contributed by atoms with van der Waals surface area (Å²) in [6.45, 7) is 10.4. The molecule has 482 valence electrons. The molecule has 0 fully saturated rings. The van der Waals surface area contributed by atoms with Gasteiger partial charge in [0.1, 0.15) is 10.0 Å². The van der Waals surface area contributed by atoms with Gasteiger partial charge in [-0.25, -0.2) is 9.97 Å². The lowest BCUT2D eigenvalue weighted by atomic mass is 9.93. The Morgan fingerprint density at radius 3 is 0.875 bits per heavy atom. The Labute approximate surface area is 557 Å². The highest BCUT2D eigenvalue weighted by Gasteiger charge is 2.51. The first kappa shape index (κ1) is 70.4. The van der Waals surface area contributed by atoms with E-state index in [4.69, 9.17) is 9.97 Å². The molecule has 0 saturated heterocycles. The zero-order chi connectivity index (χ0) is 61.4. The molecule has 8 rings (SSSR count).